The number of rotatable bonds is 8. The van der Waals surface area contributed by atoms with E-state index in [1.165, 1.54) is 0 Å². The third kappa shape index (κ3) is 8.40. The average molecular weight is 903 g/mol. The molecule has 2 aliphatic carbocycles. The van der Waals surface area contributed by atoms with Gasteiger partial charge >= 0.3 is 49.4 Å². The first kappa shape index (κ1) is 35.5. The molecule has 7 N–H and O–H groups in total. The van der Waals surface area contributed by atoms with Gasteiger partial charge in [0.15, 0.2) is 59.0 Å². The Hall–Kier alpha value is -1.86. The summed E-state index contributed by atoms with van der Waals surface area (Å²) in [6.45, 7) is 2.65. The van der Waals surface area contributed by atoms with Crippen LogP contribution in [0.5, 0.6) is 0 Å². The van der Waals surface area contributed by atoms with Crippen LogP contribution in [0.2, 0.25) is 0 Å². The van der Waals surface area contributed by atoms with Crippen molar-refractivity contribution in [2.45, 2.75) is 83.6 Å². The monoisotopic (exact) mass is 903 g/mol. The molecule has 4 fully saturated rings. The van der Waals surface area contributed by atoms with Crippen LogP contribution in [0.25, 0.3) is 22.3 Å². The summed E-state index contributed by atoms with van der Waals surface area (Å²) in [6.07, 6.45) is 7.34. The number of aliphatic hydroxyl groups is 1. The van der Waals surface area contributed by atoms with Gasteiger partial charge in [-0.3, -0.25) is 9.13 Å². The van der Waals surface area contributed by atoms with Crippen LogP contribution in [0.1, 0.15) is 58.9 Å². The van der Waals surface area contributed by atoms with E-state index in [1.54, 1.807) is 17.2 Å². The van der Waals surface area contributed by atoms with Gasteiger partial charge in [-0.25, -0.2) is 9.97 Å². The number of nitrogens with one attached hydrogen (secondary N) is 2. The van der Waals surface area contributed by atoms with Gasteiger partial charge in [-0.2, -0.15) is 19.9 Å². The number of imidazole rings is 2. The molecule has 2 saturated heterocycles. The van der Waals surface area contributed by atoms with Crippen LogP contribution in [0, 0.1) is 0 Å². The van der Waals surface area contributed by atoms with E-state index < -0.39 is 6.29 Å². The summed E-state index contributed by atoms with van der Waals surface area (Å²) in [7, 11) is 0.628. The minimum absolute atomic E-state index is 0. The third-order valence-corrected chi connectivity index (χ3v) is 7.28. The predicted molar refractivity (Wildman–Crippen MR) is 185 cm³/mol. The number of aliphatic hydroxyl groups excluding tert-OH is 1. The van der Waals surface area contributed by atoms with E-state index in [2.05, 4.69) is 80.5 Å². The van der Waals surface area contributed by atoms with E-state index in [1.807, 2.05) is 11.5 Å². The minimum atomic E-state index is -0.615. The summed E-state index contributed by atoms with van der Waals surface area (Å²) in [4.78, 5) is 25.8. The number of halogens is 2. The van der Waals surface area contributed by atoms with Gasteiger partial charge in [0, 0.05) is 12.1 Å². The van der Waals surface area contributed by atoms with E-state index in [0.29, 0.717) is 63.2 Å². The molecule has 0 bridgehead atoms. The van der Waals surface area contributed by atoms with E-state index in [9.17, 15) is 0 Å². The van der Waals surface area contributed by atoms with Crippen LogP contribution >= 0.6 is 40.0 Å². The molecular weight excluding hydrogens is 865 g/mol. The summed E-state index contributed by atoms with van der Waals surface area (Å²) < 4.78 is 25.9. The number of anilines is 4. The fourth-order valence-electron chi connectivity index (χ4n) is 4.82. The van der Waals surface area contributed by atoms with Gasteiger partial charge in [-0.15, -0.1) is 0 Å². The van der Waals surface area contributed by atoms with Crippen LogP contribution in [-0.4, -0.2) is 88.6 Å². The number of nitrogen functional groups attached to an aromatic ring is 2. The van der Waals surface area contributed by atoms with Crippen molar-refractivity contribution in [3.05, 3.63) is 12.7 Å². The Morgan fingerprint density at radius 1 is 0.826 bits per heavy atom. The molecular formula is C26H38I2N12O5V. The molecule has 0 aromatic carbocycles. The zero-order chi connectivity index (χ0) is 31.5. The van der Waals surface area contributed by atoms with Crippen molar-refractivity contribution in [1.82, 2.24) is 39.0 Å². The summed E-state index contributed by atoms with van der Waals surface area (Å²) in [5.74, 6) is 1.77. The molecule has 0 radical (unpaired) electrons. The first-order valence-electron chi connectivity index (χ1n) is 14.5. The number of nitrogens with two attached hydrogens (primary N) is 2. The summed E-state index contributed by atoms with van der Waals surface area (Å²) >= 11 is 4.74. The number of aromatic nitrogens is 8. The zero-order valence-electron chi connectivity index (χ0n) is 24.3. The van der Waals surface area contributed by atoms with Gasteiger partial charge < -0.3 is 46.2 Å². The van der Waals surface area contributed by atoms with Crippen LogP contribution in [-0.2, 0) is 28.4 Å². The van der Waals surface area contributed by atoms with Crippen LogP contribution < -0.4 is 22.1 Å². The third-order valence-electron chi connectivity index (χ3n) is 7.28. The normalized spacial score (nSPS) is 23.7. The fraction of sp³-hybridized carbons (Fsp3) is 0.615. The van der Waals surface area contributed by atoms with Crippen molar-refractivity contribution in [3.8, 4) is 0 Å². The molecule has 4 aliphatic rings. The van der Waals surface area contributed by atoms with Crippen LogP contribution in [0.15, 0.2) is 12.7 Å². The fourth-order valence-corrected chi connectivity index (χ4v) is 4.82. The quantitative estimate of drug-likeness (QED) is 0.160. The molecule has 20 heteroatoms. The standard InChI is InChI=1S/C13H18N6O2.C12H16N6O3.CH4.2HI.V/c1-2-9-20-5-8(21-9)19-6-15-10-11(16-7-3-4-7)17-13(14)18-12(10)19;13-12-16-10(15-6-1-2-6)9-11(17-12)18(5-14-9)7-4-20-8(3-19)21-7;;;;/h6-9H,2-5H2,1H3,(H3,14,16,17,18);5-8,19H,1-4H2,(H3,13,15,16,17);1H4;2*1H;/q;;;;;+2/p-2/t8-,9-;7-,8-;;;;/m11..../s1. The topological polar surface area (TPSA) is 220 Å². The molecule has 8 rings (SSSR count). The Morgan fingerprint density at radius 2 is 1.26 bits per heavy atom. The molecule has 4 atom stereocenters. The Balaban J connectivity index is 0.000000164. The Labute approximate surface area is 294 Å². The molecule has 6 heterocycles. The van der Waals surface area contributed by atoms with E-state index in [4.69, 9.17) is 35.5 Å². The van der Waals surface area contributed by atoms with Gasteiger partial charge in [0.1, 0.15) is 0 Å². The number of fused-ring (bicyclic) bond motifs is 2. The Kier molecular flexibility index (Phi) is 12.4. The number of hydrogen-bond donors (Lipinski definition) is 5. The SMILES string of the molecule is C.CC[C@@H]1OC[C@H](n2cnc3c(NC4CC4)nc(N)nc32)O1.Nc1nc(NC2CC2)c2ncn([C@H]3CO[C@@H](CO)O3)c2n1.[I][V][I]. The van der Waals surface area contributed by atoms with Crippen LogP contribution in [0.4, 0.5) is 23.5 Å². The Morgan fingerprint density at radius 3 is 1.63 bits per heavy atom. The first-order valence-corrected chi connectivity index (χ1v) is 23.5. The first-order chi connectivity index (χ1) is 21.9. The molecule has 4 aromatic rings. The second-order valence-corrected chi connectivity index (χ2v) is 22.5. The Bertz CT molecular complexity index is 1490. The summed E-state index contributed by atoms with van der Waals surface area (Å²) in [6, 6.07) is 0.917. The van der Waals surface area contributed by atoms with Crippen LogP contribution in [0.3, 0.4) is 0 Å². The summed E-state index contributed by atoms with van der Waals surface area (Å²) in [5.41, 5.74) is 14.3. The molecule has 4 aromatic heterocycles. The molecule has 17 nitrogen and oxygen atoms in total. The van der Waals surface area contributed by atoms with E-state index in [-0.39, 0.29) is 44.7 Å². The molecule has 2 saturated carbocycles. The van der Waals surface area contributed by atoms with Gasteiger partial charge in [0.25, 0.3) is 0 Å². The average Bonchev–Trinajstić information content (AvgIpc) is 3.75. The van der Waals surface area contributed by atoms with Crippen molar-refractivity contribution in [1.29, 1.82) is 0 Å². The molecule has 0 spiro atoms. The zero-order valence-corrected chi connectivity index (χ0v) is 30.0. The number of ether oxygens (including phenoxy) is 4. The van der Waals surface area contributed by atoms with Crippen molar-refractivity contribution in [2.75, 3.05) is 41.9 Å². The van der Waals surface area contributed by atoms with Gasteiger partial charge in [0.2, 0.25) is 11.9 Å². The van der Waals surface area contributed by atoms with Gasteiger partial charge in [-0.05, 0) is 32.1 Å². The van der Waals surface area contributed by atoms with E-state index in [0.717, 1.165) is 37.6 Å². The van der Waals surface area contributed by atoms with Gasteiger partial charge in [-0.1, -0.05) is 14.4 Å². The van der Waals surface area contributed by atoms with Crippen molar-refractivity contribution < 1.29 is 33.5 Å². The van der Waals surface area contributed by atoms with Gasteiger partial charge in [0.05, 0.1) is 32.5 Å². The predicted octanol–water partition coefficient (Wildman–Crippen LogP) is 3.52. The van der Waals surface area contributed by atoms with Crippen molar-refractivity contribution >= 4 is 85.8 Å². The molecule has 251 valence electrons. The number of hydrogen-bond acceptors (Lipinski definition) is 15. The maximum atomic E-state index is 9.06. The summed E-state index contributed by atoms with van der Waals surface area (Å²) in [5, 5.41) is 15.7. The van der Waals surface area contributed by atoms with Crippen molar-refractivity contribution in [3.63, 3.8) is 0 Å². The van der Waals surface area contributed by atoms with E-state index >= 15 is 0 Å². The molecule has 46 heavy (non-hydrogen) atoms. The molecule has 2 aliphatic heterocycles. The van der Waals surface area contributed by atoms with Crippen molar-refractivity contribution in [2.24, 2.45) is 0 Å². The maximum absolute atomic E-state index is 9.06. The second-order valence-electron chi connectivity index (χ2n) is 10.7. The number of nitrogens with zero attached hydrogens (tertiary/aromatic N) is 8. The molecule has 0 amide bonds. The molecule has 0 unspecified atom stereocenters. The second kappa shape index (κ2) is 16.0.